The van der Waals surface area contributed by atoms with Crippen LogP contribution in [0.15, 0.2) is 30.3 Å². The van der Waals surface area contributed by atoms with Crippen LogP contribution in [0.1, 0.15) is 63.9 Å². The Labute approximate surface area is 146 Å². The van der Waals surface area contributed by atoms with Crippen molar-refractivity contribution < 1.29 is 8.42 Å². The van der Waals surface area contributed by atoms with E-state index in [-0.39, 0.29) is 6.04 Å². The molecule has 4 unspecified atom stereocenters. The topological polar surface area (TPSA) is 46.2 Å². The molecule has 2 bridgehead atoms. The highest BCUT2D eigenvalue weighted by molar-refractivity contribution is 7.90. The second kappa shape index (κ2) is 6.14. The third kappa shape index (κ3) is 2.82. The maximum absolute atomic E-state index is 13.2. The molecule has 1 aromatic carbocycles. The molecule has 3 fully saturated rings. The quantitative estimate of drug-likeness (QED) is 0.867. The summed E-state index contributed by atoms with van der Waals surface area (Å²) in [6.45, 7) is 2.28. The van der Waals surface area contributed by atoms with E-state index in [2.05, 4.69) is 11.6 Å². The van der Waals surface area contributed by atoms with E-state index in [1.165, 1.54) is 32.1 Å². The number of hydrogen-bond donors (Lipinski definition) is 1. The minimum Gasteiger partial charge on any atom is -0.211 e. The minimum absolute atomic E-state index is 0.154. The Hall–Kier alpha value is -0.870. The molecule has 0 spiro atoms. The van der Waals surface area contributed by atoms with Gasteiger partial charge in [-0.15, -0.1) is 0 Å². The molecule has 0 aromatic heterocycles. The van der Waals surface area contributed by atoms with Crippen LogP contribution in [0.3, 0.4) is 0 Å². The van der Waals surface area contributed by atoms with E-state index in [1.807, 2.05) is 30.3 Å². The Morgan fingerprint density at radius 3 is 2.50 bits per heavy atom. The summed E-state index contributed by atoms with van der Waals surface area (Å²) in [4.78, 5) is 0. The van der Waals surface area contributed by atoms with Crippen LogP contribution in [-0.2, 0) is 14.8 Å². The summed E-state index contributed by atoms with van der Waals surface area (Å²) in [5.74, 6) is 2.17. The van der Waals surface area contributed by atoms with Crippen LogP contribution in [0.5, 0.6) is 0 Å². The van der Waals surface area contributed by atoms with Crippen LogP contribution < -0.4 is 4.72 Å². The highest BCUT2D eigenvalue weighted by atomic mass is 32.2. The van der Waals surface area contributed by atoms with Crippen molar-refractivity contribution in [3.8, 4) is 0 Å². The van der Waals surface area contributed by atoms with Crippen molar-refractivity contribution in [2.24, 2.45) is 17.8 Å². The molecule has 3 nitrogen and oxygen atoms in total. The maximum atomic E-state index is 13.2. The van der Waals surface area contributed by atoms with Gasteiger partial charge >= 0.3 is 0 Å². The van der Waals surface area contributed by atoms with Crippen molar-refractivity contribution in [3.05, 3.63) is 35.9 Å². The lowest BCUT2D eigenvalue weighted by molar-refractivity contribution is 0.109. The highest BCUT2D eigenvalue weighted by Gasteiger charge is 2.56. The number of fused-ring (bicyclic) bond motifs is 2. The molecule has 0 heterocycles. The van der Waals surface area contributed by atoms with Gasteiger partial charge in [0.1, 0.15) is 4.75 Å². The Bertz CT molecular complexity index is 681. The van der Waals surface area contributed by atoms with E-state index >= 15 is 0 Å². The molecule has 4 heteroatoms. The molecule has 3 aliphatic carbocycles. The Morgan fingerprint density at radius 1 is 1.08 bits per heavy atom. The van der Waals surface area contributed by atoms with Gasteiger partial charge in [0.05, 0.1) is 0 Å². The van der Waals surface area contributed by atoms with Gasteiger partial charge < -0.3 is 0 Å². The summed E-state index contributed by atoms with van der Waals surface area (Å²) >= 11 is 0. The lowest BCUT2D eigenvalue weighted by Gasteiger charge is -2.44. The van der Waals surface area contributed by atoms with Gasteiger partial charge in [0.2, 0.25) is 10.0 Å². The first-order chi connectivity index (χ1) is 11.5. The van der Waals surface area contributed by atoms with Crippen molar-refractivity contribution in [1.29, 1.82) is 0 Å². The summed E-state index contributed by atoms with van der Waals surface area (Å²) in [6.07, 6.45) is 8.75. The van der Waals surface area contributed by atoms with E-state index in [4.69, 9.17) is 0 Å². The average molecular weight is 348 g/mol. The Morgan fingerprint density at radius 2 is 1.83 bits per heavy atom. The lowest BCUT2D eigenvalue weighted by atomic mass is 9.65. The number of rotatable bonds is 5. The number of hydrogen-bond acceptors (Lipinski definition) is 2. The van der Waals surface area contributed by atoms with Gasteiger partial charge in [0.25, 0.3) is 0 Å². The second-order valence-corrected chi connectivity index (χ2v) is 10.3. The molecule has 3 aliphatic rings. The van der Waals surface area contributed by atoms with Crippen molar-refractivity contribution in [2.45, 2.75) is 69.1 Å². The molecule has 0 aliphatic heterocycles. The van der Waals surface area contributed by atoms with E-state index in [9.17, 15) is 8.42 Å². The fourth-order valence-electron chi connectivity index (χ4n) is 5.20. The third-order valence-corrected chi connectivity index (χ3v) is 9.08. The minimum atomic E-state index is -3.31. The van der Waals surface area contributed by atoms with Crippen LogP contribution in [0.2, 0.25) is 0 Å². The number of nitrogens with one attached hydrogen (secondary N) is 1. The Kier molecular flexibility index (Phi) is 4.24. The van der Waals surface area contributed by atoms with Crippen molar-refractivity contribution in [2.75, 3.05) is 0 Å². The smallest absolute Gasteiger partial charge is 0.211 e. The predicted molar refractivity (Wildman–Crippen MR) is 97.0 cm³/mol. The predicted octanol–water partition coefficient (Wildman–Crippen LogP) is 4.20. The number of benzene rings is 1. The molecule has 24 heavy (non-hydrogen) atoms. The molecule has 1 aromatic rings. The molecule has 0 amide bonds. The molecular formula is C20H29NO2S. The summed E-state index contributed by atoms with van der Waals surface area (Å²) in [7, 11) is -3.31. The van der Waals surface area contributed by atoms with Crippen molar-refractivity contribution in [1.82, 2.24) is 4.72 Å². The maximum Gasteiger partial charge on any atom is 0.221 e. The van der Waals surface area contributed by atoms with Crippen LogP contribution in [0.25, 0.3) is 0 Å². The van der Waals surface area contributed by atoms with Crippen LogP contribution in [0, 0.1) is 17.8 Å². The van der Waals surface area contributed by atoms with Gasteiger partial charge in [0.15, 0.2) is 0 Å². The van der Waals surface area contributed by atoms with E-state index in [0.29, 0.717) is 5.92 Å². The normalized spacial score (nSPS) is 34.7. The van der Waals surface area contributed by atoms with Gasteiger partial charge in [0, 0.05) is 6.04 Å². The standard InChI is InChI=1S/C20H29NO2S/c1-2-15-12-16-8-9-19(17(13-15)14-16)21-24(22,23)20(10-11-20)18-6-4-3-5-7-18/h3-7,15-17,19,21H,2,8-14H2,1H3. The molecule has 4 atom stereocenters. The van der Waals surface area contributed by atoms with Crippen molar-refractivity contribution >= 4 is 10.0 Å². The summed E-state index contributed by atoms with van der Waals surface area (Å²) in [6, 6.07) is 9.94. The van der Waals surface area contributed by atoms with Crippen LogP contribution in [0.4, 0.5) is 0 Å². The second-order valence-electron chi connectivity index (χ2n) is 8.27. The fraction of sp³-hybridized carbons (Fsp3) is 0.700. The zero-order valence-corrected chi connectivity index (χ0v) is 15.4. The van der Waals surface area contributed by atoms with Crippen LogP contribution in [-0.4, -0.2) is 14.5 Å². The van der Waals surface area contributed by atoms with E-state index in [0.717, 1.165) is 36.7 Å². The van der Waals surface area contributed by atoms with Gasteiger partial charge in [-0.05, 0) is 68.3 Å². The first-order valence-corrected chi connectivity index (χ1v) is 11.1. The zero-order chi connectivity index (χ0) is 16.8. The molecule has 132 valence electrons. The molecular weight excluding hydrogens is 318 g/mol. The largest absolute Gasteiger partial charge is 0.221 e. The van der Waals surface area contributed by atoms with Gasteiger partial charge in [-0.1, -0.05) is 43.7 Å². The molecule has 0 saturated heterocycles. The monoisotopic (exact) mass is 347 g/mol. The first-order valence-electron chi connectivity index (χ1n) is 9.61. The SMILES string of the molecule is CCC1CC2CCC(NS(=O)(=O)C3(c4ccccc4)CC3)C(C1)C2. The molecule has 4 rings (SSSR count). The van der Waals surface area contributed by atoms with Crippen molar-refractivity contribution in [3.63, 3.8) is 0 Å². The zero-order valence-electron chi connectivity index (χ0n) is 14.6. The average Bonchev–Trinajstić information content (AvgIpc) is 3.40. The Balaban J connectivity index is 1.52. The van der Waals surface area contributed by atoms with E-state index in [1.54, 1.807) is 0 Å². The van der Waals surface area contributed by atoms with E-state index < -0.39 is 14.8 Å². The van der Waals surface area contributed by atoms with Gasteiger partial charge in [-0.3, -0.25) is 0 Å². The number of sulfonamides is 1. The summed E-state index contributed by atoms with van der Waals surface area (Å²) in [5.41, 5.74) is 0.960. The van der Waals surface area contributed by atoms with Gasteiger partial charge in [-0.25, -0.2) is 13.1 Å². The fourth-order valence-corrected chi connectivity index (χ4v) is 7.22. The first kappa shape index (κ1) is 16.6. The summed E-state index contributed by atoms with van der Waals surface area (Å²) < 4.78 is 28.9. The third-order valence-electron chi connectivity index (χ3n) is 6.80. The van der Waals surface area contributed by atoms with Gasteiger partial charge in [-0.2, -0.15) is 0 Å². The molecule has 3 saturated carbocycles. The molecule has 0 radical (unpaired) electrons. The summed E-state index contributed by atoms with van der Waals surface area (Å²) in [5, 5.41) is 0. The lowest BCUT2D eigenvalue weighted by Crippen LogP contribution is -2.49. The van der Waals surface area contributed by atoms with Crippen LogP contribution >= 0.6 is 0 Å². The highest BCUT2D eigenvalue weighted by Crippen LogP contribution is 2.53. The molecule has 1 N–H and O–H groups in total.